The first kappa shape index (κ1) is 69.9. The maximum absolute atomic E-state index is 13.4. The standard InChI is InChI=1S/C63H111N2O7P/c1-7-10-13-16-19-22-25-26-27-28-29-30-31-32-33-34-35-36-37-38-41-44-47-50-53-56-63(67)72-61(54-51-48-45-42-39-23-20-17-14-11-8-2)60(59-71-73(68,69)70-58-57-65(4,5)6)64-62(66)55-52-49-46-43-40-24-21-18-15-12-9-3/h10,13,18-19,21-22,26-27,29-30,32-33,35-36,51,54,60-61H,7-9,11-12,14-17,20,23-25,28,31,34,37-50,52-53,55-59H2,1-6H3,(H-,64,66,68,69)/p+1/b13-10-,21-18-,22-19-,27-26-,30-29-,33-32-,36-35-,54-51-. The van der Waals surface area contributed by atoms with Crippen LogP contribution in [-0.4, -0.2) is 74.3 Å². The van der Waals surface area contributed by atoms with Gasteiger partial charge >= 0.3 is 13.8 Å². The molecule has 420 valence electrons. The molecule has 0 aromatic rings. The number of rotatable bonds is 52. The molecule has 10 heteroatoms. The predicted molar refractivity (Wildman–Crippen MR) is 314 cm³/mol. The van der Waals surface area contributed by atoms with Crippen molar-refractivity contribution in [3.8, 4) is 0 Å². The highest BCUT2D eigenvalue weighted by atomic mass is 31.2. The Bertz CT molecular complexity index is 1570. The first-order chi connectivity index (χ1) is 35.4. The van der Waals surface area contributed by atoms with Crippen LogP contribution in [-0.2, 0) is 27.9 Å². The van der Waals surface area contributed by atoms with Crippen LogP contribution in [0.15, 0.2) is 97.2 Å². The second kappa shape index (κ2) is 52.4. The number of unbranched alkanes of at least 4 members (excludes halogenated alkanes) is 22. The van der Waals surface area contributed by atoms with Gasteiger partial charge in [0, 0.05) is 12.8 Å². The number of likely N-dealkylation sites (N-methyl/N-ethyl adjacent to an activating group) is 1. The summed E-state index contributed by atoms with van der Waals surface area (Å²) in [5.41, 5.74) is 0. The lowest BCUT2D eigenvalue weighted by Crippen LogP contribution is -2.47. The third kappa shape index (κ3) is 53.6. The van der Waals surface area contributed by atoms with Gasteiger partial charge in [-0.2, -0.15) is 0 Å². The Morgan fingerprint density at radius 2 is 0.890 bits per heavy atom. The van der Waals surface area contributed by atoms with Gasteiger partial charge in [0.1, 0.15) is 19.3 Å². The Morgan fingerprint density at radius 1 is 0.493 bits per heavy atom. The Morgan fingerprint density at radius 3 is 1.37 bits per heavy atom. The first-order valence-corrected chi connectivity index (χ1v) is 31.1. The van der Waals surface area contributed by atoms with E-state index in [-0.39, 0.29) is 31.5 Å². The van der Waals surface area contributed by atoms with E-state index in [0.717, 1.165) is 148 Å². The molecule has 0 fully saturated rings. The molecule has 2 N–H and O–H groups in total. The number of quaternary nitrogens is 1. The average molecular weight is 1040 g/mol. The van der Waals surface area contributed by atoms with Gasteiger partial charge in [-0.25, -0.2) is 4.57 Å². The van der Waals surface area contributed by atoms with E-state index in [0.29, 0.717) is 17.4 Å². The smallest absolute Gasteiger partial charge is 0.456 e. The summed E-state index contributed by atoms with van der Waals surface area (Å²) < 4.78 is 30.6. The molecule has 0 spiro atoms. The van der Waals surface area contributed by atoms with Crippen LogP contribution < -0.4 is 5.32 Å². The fraction of sp³-hybridized carbons (Fsp3) is 0.714. The molecule has 1 amide bonds. The highest BCUT2D eigenvalue weighted by molar-refractivity contribution is 7.47. The molecule has 9 nitrogen and oxygen atoms in total. The summed E-state index contributed by atoms with van der Waals surface area (Å²) in [4.78, 5) is 37.5. The number of phosphoric acid groups is 1. The van der Waals surface area contributed by atoms with Gasteiger partial charge in [0.2, 0.25) is 5.91 Å². The third-order valence-corrected chi connectivity index (χ3v) is 13.5. The molecule has 0 bridgehead atoms. The van der Waals surface area contributed by atoms with Crippen LogP contribution in [0.25, 0.3) is 0 Å². The van der Waals surface area contributed by atoms with Crippen molar-refractivity contribution in [3.63, 3.8) is 0 Å². The summed E-state index contributed by atoms with van der Waals surface area (Å²) >= 11 is 0. The molecule has 0 aromatic carbocycles. The number of nitrogens with zero attached hydrogens (tertiary/aromatic N) is 1. The van der Waals surface area contributed by atoms with Crippen molar-refractivity contribution < 1.29 is 37.3 Å². The van der Waals surface area contributed by atoms with Crippen LogP contribution in [0.4, 0.5) is 0 Å². The molecule has 0 saturated carbocycles. The summed E-state index contributed by atoms with van der Waals surface area (Å²) in [6, 6.07) is -0.862. The van der Waals surface area contributed by atoms with Gasteiger partial charge in [0.25, 0.3) is 0 Å². The van der Waals surface area contributed by atoms with E-state index in [2.05, 4.69) is 111 Å². The second-order valence-electron chi connectivity index (χ2n) is 20.8. The van der Waals surface area contributed by atoms with E-state index in [4.69, 9.17) is 13.8 Å². The van der Waals surface area contributed by atoms with Crippen molar-refractivity contribution in [2.45, 2.75) is 251 Å². The number of ether oxygens (including phenoxy) is 1. The van der Waals surface area contributed by atoms with E-state index in [9.17, 15) is 19.0 Å². The zero-order valence-corrected chi connectivity index (χ0v) is 48.7. The monoisotopic (exact) mass is 1040 g/mol. The number of carbonyl (C=O) groups is 2. The van der Waals surface area contributed by atoms with Crippen LogP contribution in [0.2, 0.25) is 0 Å². The highest BCUT2D eigenvalue weighted by Crippen LogP contribution is 2.43. The molecule has 0 radical (unpaired) electrons. The number of allylic oxidation sites excluding steroid dienone is 15. The minimum absolute atomic E-state index is 0.0317. The molecule has 73 heavy (non-hydrogen) atoms. The van der Waals surface area contributed by atoms with Crippen LogP contribution in [0, 0.1) is 0 Å². The maximum atomic E-state index is 13.4. The molecule has 0 saturated heterocycles. The zero-order valence-electron chi connectivity index (χ0n) is 47.8. The van der Waals surface area contributed by atoms with Crippen LogP contribution in [0.5, 0.6) is 0 Å². The summed E-state index contributed by atoms with van der Waals surface area (Å²) in [6.45, 7) is 6.82. The molecular weight excluding hydrogens is 928 g/mol. The topological polar surface area (TPSA) is 111 Å². The average Bonchev–Trinajstić information content (AvgIpc) is 3.35. The Kier molecular flexibility index (Phi) is 50.2. The summed E-state index contributed by atoms with van der Waals surface area (Å²) in [5.74, 6) is -0.540. The van der Waals surface area contributed by atoms with Gasteiger partial charge in [-0.1, -0.05) is 221 Å². The van der Waals surface area contributed by atoms with Gasteiger partial charge < -0.3 is 19.4 Å². The molecule has 3 atom stereocenters. The predicted octanol–water partition coefficient (Wildman–Crippen LogP) is 18.0. The summed E-state index contributed by atoms with van der Waals surface area (Å²) in [5, 5.41) is 3.03. The van der Waals surface area contributed by atoms with Crippen molar-refractivity contribution in [1.82, 2.24) is 5.32 Å². The molecular formula is C63H112N2O7P+. The zero-order chi connectivity index (χ0) is 53.6. The Labute approximate surface area is 449 Å². The van der Waals surface area contributed by atoms with Crippen LogP contribution in [0.1, 0.15) is 239 Å². The fourth-order valence-electron chi connectivity index (χ4n) is 7.92. The number of amides is 1. The van der Waals surface area contributed by atoms with Crippen LogP contribution >= 0.6 is 7.82 Å². The minimum atomic E-state index is -4.45. The number of esters is 1. The maximum Gasteiger partial charge on any atom is 0.472 e. The van der Waals surface area contributed by atoms with Gasteiger partial charge in [-0.15, -0.1) is 0 Å². The van der Waals surface area contributed by atoms with Gasteiger partial charge in [-0.3, -0.25) is 18.6 Å². The fourth-order valence-corrected chi connectivity index (χ4v) is 8.66. The third-order valence-electron chi connectivity index (χ3n) is 12.5. The lowest BCUT2D eigenvalue weighted by Gasteiger charge is -2.27. The number of nitrogens with one attached hydrogen (secondary N) is 1. The van der Waals surface area contributed by atoms with E-state index < -0.39 is 20.0 Å². The normalized spacial score (nSPS) is 14.5. The van der Waals surface area contributed by atoms with E-state index >= 15 is 0 Å². The largest absolute Gasteiger partial charge is 0.472 e. The summed E-state index contributed by atoms with van der Waals surface area (Å²) in [7, 11) is 1.47. The van der Waals surface area contributed by atoms with Crippen LogP contribution in [0.3, 0.4) is 0 Å². The number of hydrogen-bond acceptors (Lipinski definition) is 6. The van der Waals surface area contributed by atoms with E-state index in [1.165, 1.54) is 57.8 Å². The van der Waals surface area contributed by atoms with Crippen molar-refractivity contribution in [3.05, 3.63) is 97.2 Å². The molecule has 0 aliphatic carbocycles. The van der Waals surface area contributed by atoms with Gasteiger partial charge in [0.05, 0.1) is 33.8 Å². The molecule has 0 heterocycles. The van der Waals surface area contributed by atoms with E-state index in [1.807, 2.05) is 33.3 Å². The number of hydrogen-bond donors (Lipinski definition) is 2. The Balaban J connectivity index is 5.18. The molecule has 0 aliphatic rings. The van der Waals surface area contributed by atoms with Crippen molar-refractivity contribution in [2.24, 2.45) is 0 Å². The first-order valence-electron chi connectivity index (χ1n) is 29.6. The van der Waals surface area contributed by atoms with Crippen molar-refractivity contribution in [2.75, 3.05) is 40.9 Å². The number of carbonyl (C=O) groups excluding carboxylic acids is 2. The van der Waals surface area contributed by atoms with Gasteiger partial charge in [0.15, 0.2) is 0 Å². The number of phosphoric ester groups is 1. The SMILES string of the molecule is CC/C=C\C/C=C\C/C=C\C/C=C\C/C=C\C/C=C\CCCCCCCCC(=O)OC(/C=C\CCCCCCCCCCC)C(COP(=O)(O)OCC[N+](C)(C)C)NC(=O)CCCCCCC/C=C\CCCC. The highest BCUT2D eigenvalue weighted by Gasteiger charge is 2.30. The molecule has 3 unspecified atom stereocenters. The lowest BCUT2D eigenvalue weighted by molar-refractivity contribution is -0.870. The molecule has 0 aliphatic heterocycles. The van der Waals surface area contributed by atoms with E-state index in [1.54, 1.807) is 0 Å². The lowest BCUT2D eigenvalue weighted by atomic mass is 10.1. The van der Waals surface area contributed by atoms with Crippen molar-refractivity contribution in [1.29, 1.82) is 0 Å². The quantitative estimate of drug-likeness (QED) is 0.0205. The molecule has 0 rings (SSSR count). The minimum Gasteiger partial charge on any atom is -0.456 e. The Hall–Kier alpha value is -3.07. The molecule has 0 aromatic heterocycles. The van der Waals surface area contributed by atoms with Gasteiger partial charge in [-0.05, 0) is 102 Å². The van der Waals surface area contributed by atoms with Crippen molar-refractivity contribution >= 4 is 19.7 Å². The second-order valence-corrected chi connectivity index (χ2v) is 22.2. The summed E-state index contributed by atoms with van der Waals surface area (Å²) in [6.07, 6.45) is 69.8.